The van der Waals surface area contributed by atoms with Crippen molar-refractivity contribution in [2.75, 3.05) is 6.54 Å². The number of carbonyl (C=O) groups is 2. The Morgan fingerprint density at radius 2 is 2.11 bits per heavy atom. The molecule has 1 fully saturated rings. The van der Waals surface area contributed by atoms with Crippen molar-refractivity contribution in [3.8, 4) is 0 Å². The molecular formula is C22H24N2O3S. The van der Waals surface area contributed by atoms with Crippen molar-refractivity contribution in [1.29, 1.82) is 0 Å². The predicted octanol–water partition coefficient (Wildman–Crippen LogP) is 4.21. The van der Waals surface area contributed by atoms with Gasteiger partial charge in [-0.05, 0) is 44.2 Å². The van der Waals surface area contributed by atoms with E-state index in [1.165, 1.54) is 0 Å². The number of hydrogen-bond donors (Lipinski definition) is 1. The van der Waals surface area contributed by atoms with Gasteiger partial charge in [0, 0.05) is 22.4 Å². The first kappa shape index (κ1) is 18.7. The lowest BCUT2D eigenvalue weighted by molar-refractivity contribution is -0.138. The fourth-order valence-electron chi connectivity index (χ4n) is 3.98. The summed E-state index contributed by atoms with van der Waals surface area (Å²) in [6.07, 6.45) is 1.92. The van der Waals surface area contributed by atoms with Crippen LogP contribution in [0.1, 0.15) is 42.0 Å². The lowest BCUT2D eigenvalue weighted by Gasteiger charge is -2.25. The maximum absolute atomic E-state index is 12.9. The number of amides is 2. The van der Waals surface area contributed by atoms with Gasteiger partial charge >= 0.3 is 0 Å². The van der Waals surface area contributed by atoms with Crippen molar-refractivity contribution in [1.82, 2.24) is 10.2 Å². The molecule has 3 heterocycles. The Kier molecular flexibility index (Phi) is 5.22. The number of rotatable bonds is 5. The van der Waals surface area contributed by atoms with Gasteiger partial charge in [-0.15, -0.1) is 11.3 Å². The summed E-state index contributed by atoms with van der Waals surface area (Å²) in [5.41, 5.74) is 1.87. The Labute approximate surface area is 168 Å². The van der Waals surface area contributed by atoms with Gasteiger partial charge in [0.15, 0.2) is 0 Å². The monoisotopic (exact) mass is 396 g/mol. The zero-order chi connectivity index (χ0) is 19.7. The number of likely N-dealkylation sites (tertiary alicyclic amines) is 1. The van der Waals surface area contributed by atoms with E-state index in [4.69, 9.17) is 4.42 Å². The Morgan fingerprint density at radius 3 is 2.86 bits per heavy atom. The third-order valence-corrected chi connectivity index (χ3v) is 6.29. The van der Waals surface area contributed by atoms with Gasteiger partial charge in [-0.1, -0.05) is 24.3 Å². The summed E-state index contributed by atoms with van der Waals surface area (Å²) in [4.78, 5) is 28.4. The van der Waals surface area contributed by atoms with E-state index in [1.807, 2.05) is 55.6 Å². The van der Waals surface area contributed by atoms with E-state index in [-0.39, 0.29) is 17.9 Å². The third kappa shape index (κ3) is 3.56. The second-order valence-electron chi connectivity index (χ2n) is 7.32. The Balaban J connectivity index is 1.45. The second-order valence-corrected chi connectivity index (χ2v) is 8.35. The zero-order valence-corrected chi connectivity index (χ0v) is 16.9. The van der Waals surface area contributed by atoms with Crippen LogP contribution in [0.2, 0.25) is 0 Å². The minimum atomic E-state index is -0.403. The van der Waals surface area contributed by atoms with Gasteiger partial charge in [0.2, 0.25) is 11.8 Å². The van der Waals surface area contributed by atoms with Gasteiger partial charge in [-0.2, -0.15) is 0 Å². The number of aryl methyl sites for hydroxylation is 1. The summed E-state index contributed by atoms with van der Waals surface area (Å²) in [6, 6.07) is 11.1. The number of thiophene rings is 1. The van der Waals surface area contributed by atoms with Crippen molar-refractivity contribution in [3.05, 3.63) is 58.0 Å². The number of furan rings is 1. The van der Waals surface area contributed by atoms with E-state index in [2.05, 4.69) is 5.32 Å². The van der Waals surface area contributed by atoms with Gasteiger partial charge < -0.3 is 14.6 Å². The average molecular weight is 397 g/mol. The highest BCUT2D eigenvalue weighted by Crippen LogP contribution is 2.29. The van der Waals surface area contributed by atoms with Crippen LogP contribution in [-0.4, -0.2) is 29.3 Å². The molecule has 0 radical (unpaired) electrons. The summed E-state index contributed by atoms with van der Waals surface area (Å²) >= 11 is 1.57. The Hall–Kier alpha value is -2.60. The highest BCUT2D eigenvalue weighted by molar-refractivity contribution is 7.10. The summed E-state index contributed by atoms with van der Waals surface area (Å²) in [6.45, 7) is 4.58. The molecule has 146 valence electrons. The molecule has 0 spiro atoms. The van der Waals surface area contributed by atoms with Crippen LogP contribution >= 0.6 is 11.3 Å². The molecule has 5 nitrogen and oxygen atoms in total. The zero-order valence-electron chi connectivity index (χ0n) is 16.1. The summed E-state index contributed by atoms with van der Waals surface area (Å²) in [5.74, 6) is 0.682. The van der Waals surface area contributed by atoms with E-state index in [1.54, 1.807) is 16.2 Å². The van der Waals surface area contributed by atoms with Gasteiger partial charge in [0.05, 0.1) is 12.5 Å². The average Bonchev–Trinajstić information content (AvgIpc) is 3.42. The fourth-order valence-corrected chi connectivity index (χ4v) is 4.68. The fraction of sp³-hybridized carbons (Fsp3) is 0.364. The highest BCUT2D eigenvalue weighted by Gasteiger charge is 2.35. The molecule has 2 amide bonds. The molecule has 2 aromatic heterocycles. The SMILES string of the molecule is Cc1c(C(C)NC(=O)C2CCCN2C(=O)Cc2cccs2)oc2ccccc12. The quantitative estimate of drug-likeness (QED) is 0.703. The van der Waals surface area contributed by atoms with Crippen LogP contribution in [0.5, 0.6) is 0 Å². The molecule has 2 unspecified atom stereocenters. The number of fused-ring (bicyclic) bond motifs is 1. The van der Waals surface area contributed by atoms with Crippen LogP contribution in [0.15, 0.2) is 46.2 Å². The lowest BCUT2D eigenvalue weighted by atomic mass is 10.1. The van der Waals surface area contributed by atoms with Crippen LogP contribution in [-0.2, 0) is 16.0 Å². The molecule has 6 heteroatoms. The number of hydrogen-bond acceptors (Lipinski definition) is 4. The maximum Gasteiger partial charge on any atom is 0.243 e. The Morgan fingerprint density at radius 1 is 1.29 bits per heavy atom. The minimum Gasteiger partial charge on any atom is -0.459 e. The summed E-state index contributed by atoms with van der Waals surface area (Å²) < 4.78 is 5.97. The number of nitrogens with one attached hydrogen (secondary N) is 1. The van der Waals surface area contributed by atoms with Crippen molar-refractivity contribution < 1.29 is 14.0 Å². The highest BCUT2D eigenvalue weighted by atomic mass is 32.1. The van der Waals surface area contributed by atoms with Gasteiger partial charge in [0.1, 0.15) is 17.4 Å². The molecule has 1 aliphatic rings. The van der Waals surface area contributed by atoms with Crippen molar-refractivity contribution in [3.63, 3.8) is 0 Å². The molecule has 28 heavy (non-hydrogen) atoms. The van der Waals surface area contributed by atoms with Gasteiger partial charge in [-0.3, -0.25) is 9.59 Å². The van der Waals surface area contributed by atoms with Crippen molar-refractivity contribution >= 4 is 34.1 Å². The van der Waals surface area contributed by atoms with Gasteiger partial charge in [-0.25, -0.2) is 0 Å². The lowest BCUT2D eigenvalue weighted by Crippen LogP contribution is -2.47. The van der Waals surface area contributed by atoms with Gasteiger partial charge in [0.25, 0.3) is 0 Å². The first-order chi connectivity index (χ1) is 13.5. The van der Waals surface area contributed by atoms with E-state index < -0.39 is 6.04 Å². The van der Waals surface area contributed by atoms with Crippen LogP contribution in [0, 0.1) is 6.92 Å². The van der Waals surface area contributed by atoms with Crippen LogP contribution in [0.3, 0.4) is 0 Å². The summed E-state index contributed by atoms with van der Waals surface area (Å²) in [5, 5.41) is 6.09. The molecule has 1 N–H and O–H groups in total. The van der Waals surface area contributed by atoms with Crippen LogP contribution < -0.4 is 5.32 Å². The topological polar surface area (TPSA) is 62.6 Å². The minimum absolute atomic E-state index is 0.0210. The molecule has 1 aromatic carbocycles. The molecule has 1 aliphatic heterocycles. The first-order valence-electron chi connectivity index (χ1n) is 9.65. The normalized spacial score (nSPS) is 17.8. The van der Waals surface area contributed by atoms with Crippen LogP contribution in [0.25, 0.3) is 11.0 Å². The van der Waals surface area contributed by atoms with Crippen molar-refractivity contribution in [2.24, 2.45) is 0 Å². The molecule has 0 saturated carbocycles. The number of nitrogens with zero attached hydrogens (tertiary/aromatic N) is 1. The van der Waals surface area contributed by atoms with Crippen molar-refractivity contribution in [2.45, 2.75) is 45.2 Å². The number of para-hydroxylation sites is 1. The first-order valence-corrected chi connectivity index (χ1v) is 10.5. The third-order valence-electron chi connectivity index (χ3n) is 5.41. The standard InChI is InChI=1S/C22H24N2O3S/c1-14-17-8-3-4-10-19(17)27-21(14)15(2)23-22(26)18-9-5-11-24(18)20(25)13-16-7-6-12-28-16/h3-4,6-8,10,12,15,18H,5,9,11,13H2,1-2H3,(H,23,26). The van der Waals surface area contributed by atoms with Crippen LogP contribution in [0.4, 0.5) is 0 Å². The largest absolute Gasteiger partial charge is 0.459 e. The second kappa shape index (κ2) is 7.80. The maximum atomic E-state index is 12.9. The van der Waals surface area contributed by atoms with E-state index in [0.717, 1.165) is 33.6 Å². The Bertz CT molecular complexity index is 993. The molecule has 1 saturated heterocycles. The van der Waals surface area contributed by atoms with E-state index >= 15 is 0 Å². The molecule has 0 aliphatic carbocycles. The summed E-state index contributed by atoms with van der Waals surface area (Å²) in [7, 11) is 0. The molecule has 2 atom stereocenters. The van der Waals surface area contributed by atoms with E-state index in [0.29, 0.717) is 19.4 Å². The molecule has 0 bridgehead atoms. The molecular weight excluding hydrogens is 372 g/mol. The molecule has 3 aromatic rings. The number of benzene rings is 1. The predicted molar refractivity (Wildman–Crippen MR) is 110 cm³/mol. The molecule has 4 rings (SSSR count). The smallest absolute Gasteiger partial charge is 0.243 e. The van der Waals surface area contributed by atoms with E-state index in [9.17, 15) is 9.59 Å². The number of carbonyl (C=O) groups excluding carboxylic acids is 2.